The van der Waals surface area contributed by atoms with Gasteiger partial charge in [-0.3, -0.25) is 4.79 Å². The lowest BCUT2D eigenvalue weighted by Crippen LogP contribution is -2.28. The third-order valence-electron chi connectivity index (χ3n) is 4.04. The van der Waals surface area contributed by atoms with Crippen LogP contribution in [0.1, 0.15) is 30.6 Å². The molecule has 0 saturated heterocycles. The summed E-state index contributed by atoms with van der Waals surface area (Å²) >= 11 is 1.56. The Morgan fingerprint density at radius 1 is 1.44 bits per heavy atom. The second kappa shape index (κ2) is 3.79. The summed E-state index contributed by atoms with van der Waals surface area (Å²) in [7, 11) is 0. The van der Waals surface area contributed by atoms with Gasteiger partial charge in [-0.2, -0.15) is 0 Å². The van der Waals surface area contributed by atoms with Crippen molar-refractivity contribution in [3.8, 4) is 0 Å². The smallest absolute Gasteiger partial charge is 0.224 e. The molecule has 1 aromatic carbocycles. The number of primary amides is 1. The highest BCUT2D eigenvalue weighted by Gasteiger charge is 2.53. The Balaban J connectivity index is 2.02. The molecule has 1 atom stereocenters. The number of carbonyl (C=O) groups is 1. The van der Waals surface area contributed by atoms with E-state index in [1.165, 1.54) is 6.07 Å². The third-order valence-corrected chi connectivity index (χ3v) is 5.32. The summed E-state index contributed by atoms with van der Waals surface area (Å²) in [5.74, 6) is -0.311. The molecule has 0 unspecified atom stereocenters. The lowest BCUT2D eigenvalue weighted by molar-refractivity contribution is -0.123. The molecule has 1 fully saturated rings. The van der Waals surface area contributed by atoms with Gasteiger partial charge in [-0.25, -0.2) is 4.39 Å². The topological polar surface area (TPSA) is 43.1 Å². The Morgan fingerprint density at radius 3 is 2.78 bits per heavy atom. The van der Waals surface area contributed by atoms with Gasteiger partial charge in [-0.1, -0.05) is 13.0 Å². The molecule has 2 N–H and O–H groups in total. The van der Waals surface area contributed by atoms with Crippen molar-refractivity contribution in [1.82, 2.24) is 0 Å². The Labute approximate surface area is 109 Å². The lowest BCUT2D eigenvalue weighted by atomic mass is 9.88. The van der Waals surface area contributed by atoms with Crippen molar-refractivity contribution in [1.29, 1.82) is 0 Å². The third kappa shape index (κ3) is 1.63. The van der Waals surface area contributed by atoms with Crippen LogP contribution in [0.15, 0.2) is 24.3 Å². The van der Waals surface area contributed by atoms with Crippen molar-refractivity contribution in [3.05, 3.63) is 35.0 Å². The van der Waals surface area contributed by atoms with E-state index in [9.17, 15) is 9.18 Å². The summed E-state index contributed by atoms with van der Waals surface area (Å²) in [6.07, 6.45) is 1.73. The van der Waals surface area contributed by atoms with Gasteiger partial charge in [-0.15, -0.1) is 11.3 Å². The van der Waals surface area contributed by atoms with Crippen LogP contribution in [-0.4, -0.2) is 5.91 Å². The van der Waals surface area contributed by atoms with Gasteiger partial charge >= 0.3 is 0 Å². The summed E-state index contributed by atoms with van der Waals surface area (Å²) < 4.78 is 14.1. The fourth-order valence-corrected chi connectivity index (χ4v) is 3.80. The molecule has 94 valence electrons. The quantitative estimate of drug-likeness (QED) is 0.906. The molecule has 2 aromatic rings. The summed E-state index contributed by atoms with van der Waals surface area (Å²) in [5.41, 5.74) is 5.13. The van der Waals surface area contributed by atoms with Crippen molar-refractivity contribution >= 4 is 27.3 Å². The van der Waals surface area contributed by atoms with E-state index >= 15 is 0 Å². The molecule has 0 radical (unpaired) electrons. The highest BCUT2D eigenvalue weighted by molar-refractivity contribution is 7.19. The highest BCUT2D eigenvalue weighted by Crippen LogP contribution is 2.57. The second-order valence-electron chi connectivity index (χ2n) is 5.07. The molecule has 0 aliphatic heterocycles. The van der Waals surface area contributed by atoms with Gasteiger partial charge in [0.15, 0.2) is 0 Å². The van der Waals surface area contributed by atoms with Crippen LogP contribution in [0.25, 0.3) is 10.1 Å². The number of fused-ring (bicyclic) bond motifs is 1. The standard InChI is InChI=1S/C14H14FNOS/c1-8(14(4-5-14)13(16)17)11-6-9-2-3-10(15)7-12(9)18-11/h2-3,6-8H,4-5H2,1H3,(H2,16,17)/t8-/m0/s1. The molecule has 1 aliphatic carbocycles. The summed E-state index contributed by atoms with van der Waals surface area (Å²) in [5, 5.41) is 1.03. The number of halogens is 1. The second-order valence-corrected chi connectivity index (χ2v) is 6.19. The van der Waals surface area contributed by atoms with Crippen LogP contribution < -0.4 is 5.73 Å². The number of hydrogen-bond acceptors (Lipinski definition) is 2. The summed E-state index contributed by atoms with van der Waals surface area (Å²) in [6, 6.07) is 6.83. The average Bonchev–Trinajstić information content (AvgIpc) is 3.03. The Morgan fingerprint density at radius 2 is 2.17 bits per heavy atom. The van der Waals surface area contributed by atoms with Crippen LogP contribution in [0, 0.1) is 11.2 Å². The maximum absolute atomic E-state index is 13.2. The van der Waals surface area contributed by atoms with E-state index in [0.717, 1.165) is 27.8 Å². The van der Waals surface area contributed by atoms with Crippen molar-refractivity contribution in [2.75, 3.05) is 0 Å². The average molecular weight is 263 g/mol. The molecule has 1 amide bonds. The Hall–Kier alpha value is -1.42. The first-order chi connectivity index (χ1) is 8.53. The van der Waals surface area contributed by atoms with E-state index in [1.807, 2.05) is 13.0 Å². The first-order valence-corrected chi connectivity index (χ1v) is 6.83. The van der Waals surface area contributed by atoms with E-state index in [4.69, 9.17) is 5.73 Å². The minimum Gasteiger partial charge on any atom is -0.369 e. The Kier molecular flexibility index (Phi) is 2.45. The number of benzene rings is 1. The fraction of sp³-hybridized carbons (Fsp3) is 0.357. The summed E-state index contributed by atoms with van der Waals surface area (Å²) in [6.45, 7) is 2.04. The SMILES string of the molecule is C[C@@H](c1cc2ccc(F)cc2s1)C1(C(N)=O)CC1. The van der Waals surface area contributed by atoms with Gasteiger partial charge in [0.05, 0.1) is 5.41 Å². The molecule has 2 nitrogen and oxygen atoms in total. The van der Waals surface area contributed by atoms with Crippen LogP contribution >= 0.6 is 11.3 Å². The molecule has 1 heterocycles. The monoisotopic (exact) mass is 263 g/mol. The molecular formula is C14H14FNOS. The van der Waals surface area contributed by atoms with Gasteiger partial charge in [-0.05, 0) is 36.4 Å². The van der Waals surface area contributed by atoms with Crippen molar-refractivity contribution < 1.29 is 9.18 Å². The first kappa shape index (κ1) is 11.7. The largest absolute Gasteiger partial charge is 0.369 e. The van der Waals surface area contributed by atoms with Gasteiger partial charge in [0, 0.05) is 15.5 Å². The molecule has 1 aliphatic rings. The summed E-state index contributed by atoms with van der Waals surface area (Å²) in [4.78, 5) is 12.7. The van der Waals surface area contributed by atoms with E-state index in [-0.39, 0.29) is 23.1 Å². The van der Waals surface area contributed by atoms with Crippen LogP contribution in [0.2, 0.25) is 0 Å². The first-order valence-electron chi connectivity index (χ1n) is 6.02. The van der Waals surface area contributed by atoms with E-state index in [0.29, 0.717) is 0 Å². The zero-order valence-electron chi connectivity index (χ0n) is 10.1. The molecule has 4 heteroatoms. The van der Waals surface area contributed by atoms with Gasteiger partial charge in [0.25, 0.3) is 0 Å². The molecule has 3 rings (SSSR count). The predicted octanol–water partition coefficient (Wildman–Crippen LogP) is 3.41. The molecule has 1 saturated carbocycles. The van der Waals surface area contributed by atoms with Crippen molar-refractivity contribution in [3.63, 3.8) is 0 Å². The number of hydrogen-bond donors (Lipinski definition) is 1. The minimum absolute atomic E-state index is 0.121. The van der Waals surface area contributed by atoms with Crippen LogP contribution in [-0.2, 0) is 4.79 Å². The molecule has 18 heavy (non-hydrogen) atoms. The van der Waals surface area contributed by atoms with Crippen LogP contribution in [0.5, 0.6) is 0 Å². The molecular weight excluding hydrogens is 249 g/mol. The van der Waals surface area contributed by atoms with Crippen LogP contribution in [0.4, 0.5) is 4.39 Å². The number of carbonyl (C=O) groups excluding carboxylic acids is 1. The van der Waals surface area contributed by atoms with E-state index in [2.05, 4.69) is 0 Å². The predicted molar refractivity (Wildman–Crippen MR) is 71.1 cm³/mol. The zero-order valence-corrected chi connectivity index (χ0v) is 10.9. The number of thiophene rings is 1. The number of amides is 1. The normalized spacial score (nSPS) is 18.8. The molecule has 0 bridgehead atoms. The fourth-order valence-electron chi connectivity index (χ4n) is 2.54. The van der Waals surface area contributed by atoms with Crippen LogP contribution in [0.3, 0.4) is 0 Å². The number of rotatable bonds is 3. The van der Waals surface area contributed by atoms with Gasteiger partial charge in [0.1, 0.15) is 5.82 Å². The highest BCUT2D eigenvalue weighted by atomic mass is 32.1. The molecule has 0 spiro atoms. The maximum atomic E-state index is 13.2. The molecule has 1 aromatic heterocycles. The minimum atomic E-state index is -0.362. The maximum Gasteiger partial charge on any atom is 0.224 e. The van der Waals surface area contributed by atoms with Crippen molar-refractivity contribution in [2.24, 2.45) is 11.1 Å². The van der Waals surface area contributed by atoms with Gasteiger partial charge in [0.2, 0.25) is 5.91 Å². The lowest BCUT2D eigenvalue weighted by Gasteiger charge is -2.18. The van der Waals surface area contributed by atoms with E-state index < -0.39 is 0 Å². The Bertz CT molecular complexity index is 630. The zero-order chi connectivity index (χ0) is 12.9. The van der Waals surface area contributed by atoms with E-state index in [1.54, 1.807) is 23.5 Å². The van der Waals surface area contributed by atoms with Crippen molar-refractivity contribution in [2.45, 2.75) is 25.7 Å². The number of nitrogens with two attached hydrogens (primary N) is 1. The van der Waals surface area contributed by atoms with Gasteiger partial charge < -0.3 is 5.73 Å².